The van der Waals surface area contributed by atoms with E-state index in [0.717, 1.165) is 10.0 Å². The van der Waals surface area contributed by atoms with Gasteiger partial charge < -0.3 is 5.32 Å². The lowest BCUT2D eigenvalue weighted by molar-refractivity contribution is 0.0950. The first kappa shape index (κ1) is 13.8. The first-order valence-electron chi connectivity index (χ1n) is 6.78. The fourth-order valence-electron chi connectivity index (χ4n) is 2.55. The minimum atomic E-state index is -0.0193. The lowest BCUT2D eigenvalue weighted by atomic mass is 10.1. The predicted octanol–water partition coefficient (Wildman–Crippen LogP) is 4.24. The summed E-state index contributed by atoms with van der Waals surface area (Å²) in [6.45, 7) is 2.62. The summed E-state index contributed by atoms with van der Waals surface area (Å²) >= 11 is 5.28. The summed E-state index contributed by atoms with van der Waals surface area (Å²) in [5.74, 6) is -0.0193. The Morgan fingerprint density at radius 2 is 2.20 bits per heavy atom. The highest BCUT2D eigenvalue weighted by atomic mass is 79.9. The van der Waals surface area contributed by atoms with Gasteiger partial charge in [0.1, 0.15) is 0 Å². The number of fused-ring (bicyclic) bond motifs is 1. The summed E-state index contributed by atoms with van der Waals surface area (Å²) in [6.07, 6.45) is 3.69. The lowest BCUT2D eigenvalue weighted by Crippen LogP contribution is -2.22. The number of thiophene rings is 1. The molecule has 0 unspecified atom stereocenters. The van der Waals surface area contributed by atoms with E-state index in [9.17, 15) is 4.79 Å². The number of halogens is 1. The molecule has 1 aliphatic carbocycles. The molecule has 0 bridgehead atoms. The first-order valence-corrected chi connectivity index (χ1v) is 8.39. The minimum Gasteiger partial charge on any atom is -0.347 e. The van der Waals surface area contributed by atoms with E-state index in [-0.39, 0.29) is 5.91 Å². The van der Waals surface area contributed by atoms with Crippen molar-refractivity contribution in [1.29, 1.82) is 0 Å². The van der Waals surface area contributed by atoms with E-state index in [4.69, 9.17) is 0 Å². The Morgan fingerprint density at radius 3 is 3.00 bits per heavy atom. The molecule has 1 aliphatic rings. The van der Waals surface area contributed by atoms with Gasteiger partial charge in [0.25, 0.3) is 5.91 Å². The number of nitrogens with one attached hydrogen (secondary N) is 1. The van der Waals surface area contributed by atoms with E-state index in [1.165, 1.54) is 34.6 Å². The second-order valence-corrected chi connectivity index (χ2v) is 7.26. The summed E-state index contributed by atoms with van der Waals surface area (Å²) in [5.41, 5.74) is 3.28. The zero-order chi connectivity index (χ0) is 14.1. The summed E-state index contributed by atoms with van der Waals surface area (Å²) in [7, 11) is 0. The normalized spacial score (nSPS) is 13.3. The Bertz CT molecular complexity index is 641. The first-order chi connectivity index (χ1) is 9.63. The Labute approximate surface area is 131 Å². The number of benzene rings is 1. The molecule has 2 nitrogen and oxygen atoms in total. The Balaban J connectivity index is 1.68. The van der Waals surface area contributed by atoms with E-state index in [1.54, 1.807) is 0 Å². The number of hydrogen-bond donors (Lipinski definition) is 1. The molecule has 4 heteroatoms. The van der Waals surface area contributed by atoms with Crippen LogP contribution in [0, 0.1) is 6.92 Å². The zero-order valence-electron chi connectivity index (χ0n) is 11.3. The molecule has 0 spiro atoms. The zero-order valence-corrected chi connectivity index (χ0v) is 13.7. The minimum absolute atomic E-state index is 0.0193. The average Bonchev–Trinajstić information content (AvgIpc) is 2.99. The molecule has 1 amide bonds. The van der Waals surface area contributed by atoms with Gasteiger partial charge in [-0.05, 0) is 65.9 Å². The molecular formula is C16H16BrNOS. The Hall–Kier alpha value is -1.13. The molecule has 0 saturated heterocycles. The number of rotatable bonds is 3. The fourth-order valence-corrected chi connectivity index (χ4v) is 4.18. The van der Waals surface area contributed by atoms with Gasteiger partial charge in [-0.15, -0.1) is 11.3 Å². The smallest absolute Gasteiger partial charge is 0.252 e. The van der Waals surface area contributed by atoms with Crippen molar-refractivity contribution in [3.63, 3.8) is 0 Å². The molecule has 2 aromatic rings. The van der Waals surface area contributed by atoms with Crippen LogP contribution >= 0.6 is 27.3 Å². The quantitative estimate of drug-likeness (QED) is 0.882. The third-order valence-electron chi connectivity index (χ3n) is 3.59. The van der Waals surface area contributed by atoms with Gasteiger partial charge in [-0.1, -0.05) is 11.6 Å². The van der Waals surface area contributed by atoms with Crippen LogP contribution in [-0.2, 0) is 19.4 Å². The topological polar surface area (TPSA) is 29.1 Å². The molecule has 0 aliphatic heterocycles. The molecule has 1 aromatic heterocycles. The molecule has 0 atom stereocenters. The van der Waals surface area contributed by atoms with Crippen LogP contribution in [0.2, 0.25) is 0 Å². The van der Waals surface area contributed by atoms with Gasteiger partial charge in [0, 0.05) is 14.2 Å². The molecule has 0 radical (unpaired) electrons. The SMILES string of the molecule is Cc1ccc(Br)c(C(=O)NCc2cc3c(s2)CCC3)c1. The van der Waals surface area contributed by atoms with Gasteiger partial charge in [-0.25, -0.2) is 0 Å². The highest BCUT2D eigenvalue weighted by molar-refractivity contribution is 9.10. The molecule has 104 valence electrons. The second kappa shape index (κ2) is 5.70. The maximum Gasteiger partial charge on any atom is 0.252 e. The number of amides is 1. The van der Waals surface area contributed by atoms with Crippen LogP contribution in [0.4, 0.5) is 0 Å². The summed E-state index contributed by atoms with van der Waals surface area (Å²) in [4.78, 5) is 15.0. The number of carbonyl (C=O) groups excluding carboxylic acids is 1. The highest BCUT2D eigenvalue weighted by Crippen LogP contribution is 2.30. The number of aryl methyl sites for hydroxylation is 3. The summed E-state index contributed by atoms with van der Waals surface area (Å²) in [5, 5.41) is 3.01. The van der Waals surface area contributed by atoms with Gasteiger partial charge in [0.05, 0.1) is 12.1 Å². The van der Waals surface area contributed by atoms with Gasteiger partial charge >= 0.3 is 0 Å². The lowest BCUT2D eigenvalue weighted by Gasteiger charge is -2.07. The van der Waals surface area contributed by atoms with E-state index < -0.39 is 0 Å². The highest BCUT2D eigenvalue weighted by Gasteiger charge is 2.15. The van der Waals surface area contributed by atoms with Crippen LogP contribution in [0.5, 0.6) is 0 Å². The van der Waals surface area contributed by atoms with Crippen LogP contribution in [0.3, 0.4) is 0 Å². The molecule has 1 aromatic carbocycles. The maximum atomic E-state index is 12.2. The third kappa shape index (κ3) is 2.81. The van der Waals surface area contributed by atoms with Crippen molar-refractivity contribution in [3.8, 4) is 0 Å². The summed E-state index contributed by atoms with van der Waals surface area (Å²) in [6, 6.07) is 8.07. The summed E-state index contributed by atoms with van der Waals surface area (Å²) < 4.78 is 0.842. The maximum absolute atomic E-state index is 12.2. The van der Waals surface area contributed by atoms with Crippen molar-refractivity contribution in [2.75, 3.05) is 0 Å². The fraction of sp³-hybridized carbons (Fsp3) is 0.312. The monoisotopic (exact) mass is 349 g/mol. The Kier molecular flexibility index (Phi) is 3.94. The van der Waals surface area contributed by atoms with E-state index in [1.807, 2.05) is 36.5 Å². The van der Waals surface area contributed by atoms with Crippen molar-refractivity contribution < 1.29 is 4.79 Å². The van der Waals surface area contributed by atoms with E-state index in [2.05, 4.69) is 27.3 Å². The molecule has 20 heavy (non-hydrogen) atoms. The third-order valence-corrected chi connectivity index (χ3v) is 5.52. The average molecular weight is 350 g/mol. The van der Waals surface area contributed by atoms with Crippen LogP contribution < -0.4 is 5.32 Å². The van der Waals surface area contributed by atoms with Crippen LogP contribution in [0.15, 0.2) is 28.7 Å². The predicted molar refractivity (Wildman–Crippen MR) is 86.4 cm³/mol. The van der Waals surface area contributed by atoms with Crippen LogP contribution in [0.25, 0.3) is 0 Å². The van der Waals surface area contributed by atoms with Gasteiger partial charge in [0.15, 0.2) is 0 Å². The van der Waals surface area contributed by atoms with E-state index >= 15 is 0 Å². The van der Waals surface area contributed by atoms with Crippen molar-refractivity contribution in [1.82, 2.24) is 5.32 Å². The van der Waals surface area contributed by atoms with Crippen molar-refractivity contribution >= 4 is 33.2 Å². The Morgan fingerprint density at radius 1 is 1.35 bits per heavy atom. The second-order valence-electron chi connectivity index (χ2n) is 5.18. The molecule has 0 saturated carbocycles. The number of hydrogen-bond acceptors (Lipinski definition) is 2. The van der Waals surface area contributed by atoms with Gasteiger partial charge in [0.2, 0.25) is 0 Å². The molecule has 0 fully saturated rings. The van der Waals surface area contributed by atoms with Crippen LogP contribution in [-0.4, -0.2) is 5.91 Å². The number of carbonyl (C=O) groups is 1. The molecule has 1 heterocycles. The largest absolute Gasteiger partial charge is 0.347 e. The standard InChI is InChI=1S/C16H16BrNOS/c1-10-5-6-14(17)13(7-10)16(19)18-9-12-8-11-3-2-4-15(11)20-12/h5-8H,2-4,9H2,1H3,(H,18,19). The molecule has 1 N–H and O–H groups in total. The van der Waals surface area contributed by atoms with Crippen LogP contribution in [0.1, 0.15) is 37.7 Å². The van der Waals surface area contributed by atoms with Crippen molar-refractivity contribution in [2.24, 2.45) is 0 Å². The van der Waals surface area contributed by atoms with Crippen molar-refractivity contribution in [2.45, 2.75) is 32.7 Å². The van der Waals surface area contributed by atoms with Gasteiger partial charge in [-0.3, -0.25) is 4.79 Å². The van der Waals surface area contributed by atoms with Gasteiger partial charge in [-0.2, -0.15) is 0 Å². The van der Waals surface area contributed by atoms with E-state index in [0.29, 0.717) is 12.1 Å². The molecular weight excluding hydrogens is 334 g/mol. The van der Waals surface area contributed by atoms with Crippen molar-refractivity contribution in [3.05, 3.63) is 55.2 Å². The molecule has 3 rings (SSSR count).